The van der Waals surface area contributed by atoms with E-state index in [4.69, 9.17) is 0 Å². The molecule has 0 spiro atoms. The minimum Gasteiger partial charge on any atom is -0.309 e. The van der Waals surface area contributed by atoms with Gasteiger partial charge in [0.1, 0.15) is 11.6 Å². The van der Waals surface area contributed by atoms with Gasteiger partial charge in [-0.1, -0.05) is 54.2 Å². The molecule has 4 aromatic rings. The van der Waals surface area contributed by atoms with Gasteiger partial charge in [0.15, 0.2) is 5.16 Å². The number of nitrogens with one attached hydrogen (secondary N) is 1. The Hall–Kier alpha value is -2.93. The van der Waals surface area contributed by atoms with Crippen LogP contribution in [0.4, 0.5) is 0 Å². The number of nitrogens with zero attached hydrogens (tertiary/aromatic N) is 4. The fourth-order valence-corrected chi connectivity index (χ4v) is 4.33. The van der Waals surface area contributed by atoms with Crippen molar-refractivity contribution in [1.82, 2.24) is 24.7 Å². The second kappa shape index (κ2) is 7.48. The number of aryl methyl sites for hydroxylation is 1. The van der Waals surface area contributed by atoms with Crippen molar-refractivity contribution in [3.8, 4) is 0 Å². The van der Waals surface area contributed by atoms with Crippen LogP contribution in [0.15, 0.2) is 58.5 Å². The Labute approximate surface area is 172 Å². The molecule has 29 heavy (non-hydrogen) atoms. The van der Waals surface area contributed by atoms with Crippen LogP contribution in [0.1, 0.15) is 41.5 Å². The molecule has 1 aliphatic carbocycles. The van der Waals surface area contributed by atoms with Crippen LogP contribution in [-0.2, 0) is 12.3 Å². The van der Waals surface area contributed by atoms with Crippen molar-refractivity contribution in [3.63, 3.8) is 0 Å². The van der Waals surface area contributed by atoms with Gasteiger partial charge in [-0.05, 0) is 37.0 Å². The standard InChI is InChI=1S/C22H21N5OS/c1-14-6-5-9-17-19(14)23-18(24-21(17)28)13-29-22-26-25-20(16-10-11-16)27(22)12-15-7-3-2-4-8-15/h2-9,16H,10-13H2,1H3,(H,23,24,28). The summed E-state index contributed by atoms with van der Waals surface area (Å²) in [5.74, 6) is 2.77. The molecule has 2 aromatic heterocycles. The third-order valence-electron chi connectivity index (χ3n) is 5.20. The molecule has 7 heteroatoms. The van der Waals surface area contributed by atoms with Gasteiger partial charge in [0.25, 0.3) is 5.56 Å². The number of aromatic nitrogens is 5. The molecule has 5 rings (SSSR count). The molecule has 0 unspecified atom stereocenters. The summed E-state index contributed by atoms with van der Waals surface area (Å²) >= 11 is 1.57. The number of hydrogen-bond acceptors (Lipinski definition) is 5. The molecular weight excluding hydrogens is 382 g/mol. The van der Waals surface area contributed by atoms with Crippen LogP contribution in [0.3, 0.4) is 0 Å². The Kier molecular flexibility index (Phi) is 4.67. The van der Waals surface area contributed by atoms with Crippen LogP contribution < -0.4 is 5.56 Å². The first-order valence-corrected chi connectivity index (χ1v) is 10.8. The van der Waals surface area contributed by atoms with Crippen LogP contribution in [0.2, 0.25) is 0 Å². The van der Waals surface area contributed by atoms with E-state index < -0.39 is 0 Å². The van der Waals surface area contributed by atoms with Crippen molar-refractivity contribution in [2.24, 2.45) is 0 Å². The Bertz CT molecular complexity index is 1230. The molecule has 1 saturated carbocycles. The van der Waals surface area contributed by atoms with Crippen molar-refractivity contribution in [1.29, 1.82) is 0 Å². The Morgan fingerprint density at radius 3 is 2.72 bits per heavy atom. The largest absolute Gasteiger partial charge is 0.309 e. The number of aromatic amines is 1. The van der Waals surface area contributed by atoms with E-state index in [9.17, 15) is 4.79 Å². The van der Waals surface area contributed by atoms with Crippen LogP contribution in [0.5, 0.6) is 0 Å². The number of para-hydroxylation sites is 1. The third kappa shape index (κ3) is 3.70. The number of H-pyrrole nitrogens is 1. The van der Waals surface area contributed by atoms with Crippen molar-refractivity contribution in [2.75, 3.05) is 0 Å². The van der Waals surface area contributed by atoms with Gasteiger partial charge in [-0.15, -0.1) is 10.2 Å². The van der Waals surface area contributed by atoms with E-state index in [1.54, 1.807) is 11.8 Å². The lowest BCUT2D eigenvalue weighted by atomic mass is 10.1. The summed E-state index contributed by atoms with van der Waals surface area (Å²) in [4.78, 5) is 20.0. The van der Waals surface area contributed by atoms with E-state index in [-0.39, 0.29) is 5.56 Å². The smallest absolute Gasteiger partial charge is 0.258 e. The topological polar surface area (TPSA) is 76.5 Å². The minimum absolute atomic E-state index is 0.0984. The van der Waals surface area contributed by atoms with Gasteiger partial charge in [0, 0.05) is 5.92 Å². The van der Waals surface area contributed by atoms with E-state index >= 15 is 0 Å². The van der Waals surface area contributed by atoms with Crippen LogP contribution in [0.25, 0.3) is 10.9 Å². The maximum atomic E-state index is 12.4. The summed E-state index contributed by atoms with van der Waals surface area (Å²) in [7, 11) is 0. The van der Waals surface area contributed by atoms with Gasteiger partial charge in [-0.2, -0.15) is 0 Å². The predicted octanol–water partition coefficient (Wildman–Crippen LogP) is 4.04. The zero-order chi connectivity index (χ0) is 19.8. The monoisotopic (exact) mass is 403 g/mol. The molecule has 1 N–H and O–H groups in total. The number of fused-ring (bicyclic) bond motifs is 1. The predicted molar refractivity (Wildman–Crippen MR) is 114 cm³/mol. The van der Waals surface area contributed by atoms with Crippen molar-refractivity contribution >= 4 is 22.7 Å². The van der Waals surface area contributed by atoms with E-state index in [1.807, 2.05) is 31.2 Å². The second-order valence-corrected chi connectivity index (χ2v) is 8.40. The summed E-state index contributed by atoms with van der Waals surface area (Å²) in [6.07, 6.45) is 2.35. The highest BCUT2D eigenvalue weighted by molar-refractivity contribution is 7.98. The van der Waals surface area contributed by atoms with Crippen LogP contribution in [0, 0.1) is 6.92 Å². The van der Waals surface area contributed by atoms with Crippen molar-refractivity contribution < 1.29 is 0 Å². The highest BCUT2D eigenvalue weighted by Crippen LogP contribution is 2.40. The lowest BCUT2D eigenvalue weighted by Crippen LogP contribution is -2.12. The molecule has 146 valence electrons. The van der Waals surface area contributed by atoms with Crippen LogP contribution >= 0.6 is 11.8 Å². The Morgan fingerprint density at radius 1 is 1.10 bits per heavy atom. The average molecular weight is 404 g/mol. The lowest BCUT2D eigenvalue weighted by Gasteiger charge is -2.10. The lowest BCUT2D eigenvalue weighted by molar-refractivity contribution is 0.667. The Morgan fingerprint density at radius 2 is 1.93 bits per heavy atom. The molecule has 0 radical (unpaired) electrons. The second-order valence-electron chi connectivity index (χ2n) is 7.46. The molecule has 0 atom stereocenters. The van der Waals surface area contributed by atoms with Crippen molar-refractivity contribution in [3.05, 3.63) is 81.7 Å². The molecular formula is C22H21N5OS. The van der Waals surface area contributed by atoms with Crippen molar-refractivity contribution in [2.45, 2.75) is 43.1 Å². The fraction of sp³-hybridized carbons (Fsp3) is 0.273. The zero-order valence-corrected chi connectivity index (χ0v) is 16.9. The number of benzene rings is 2. The van der Waals surface area contributed by atoms with Gasteiger partial charge in [-0.3, -0.25) is 4.79 Å². The Balaban J connectivity index is 1.43. The fourth-order valence-electron chi connectivity index (χ4n) is 3.52. The maximum absolute atomic E-state index is 12.4. The molecule has 6 nitrogen and oxygen atoms in total. The van der Waals surface area contributed by atoms with Gasteiger partial charge in [0.2, 0.25) is 0 Å². The quantitative estimate of drug-likeness (QED) is 0.492. The molecule has 0 bridgehead atoms. The molecule has 2 aromatic carbocycles. The van der Waals surface area contributed by atoms with E-state index in [1.165, 1.54) is 18.4 Å². The summed E-state index contributed by atoms with van der Waals surface area (Å²) in [5.41, 5.74) is 2.89. The molecule has 0 amide bonds. The van der Waals surface area contributed by atoms with E-state index in [0.717, 1.165) is 28.6 Å². The van der Waals surface area contributed by atoms with Gasteiger partial charge in [-0.25, -0.2) is 4.98 Å². The number of hydrogen-bond donors (Lipinski definition) is 1. The highest BCUT2D eigenvalue weighted by atomic mass is 32.2. The SMILES string of the molecule is Cc1cccc2c(=O)[nH]c(CSc3nnc(C4CC4)n3Cc3ccccc3)nc12. The summed E-state index contributed by atoms with van der Waals surface area (Å²) in [5, 5.41) is 10.4. The van der Waals surface area contributed by atoms with E-state index in [2.05, 4.69) is 49.0 Å². The van der Waals surface area contributed by atoms with Gasteiger partial charge >= 0.3 is 0 Å². The van der Waals surface area contributed by atoms with Crippen LogP contribution in [-0.4, -0.2) is 24.7 Å². The summed E-state index contributed by atoms with van der Waals surface area (Å²) in [6.45, 7) is 2.73. The van der Waals surface area contributed by atoms with Gasteiger partial charge < -0.3 is 9.55 Å². The zero-order valence-electron chi connectivity index (χ0n) is 16.1. The first-order valence-electron chi connectivity index (χ1n) is 9.77. The molecule has 0 saturated heterocycles. The average Bonchev–Trinajstić information content (AvgIpc) is 3.50. The number of thioether (sulfide) groups is 1. The van der Waals surface area contributed by atoms with E-state index in [0.29, 0.717) is 22.9 Å². The molecule has 1 fully saturated rings. The molecule has 1 aliphatic rings. The maximum Gasteiger partial charge on any atom is 0.258 e. The minimum atomic E-state index is -0.0984. The van der Waals surface area contributed by atoms with Gasteiger partial charge in [0.05, 0.1) is 23.2 Å². The highest BCUT2D eigenvalue weighted by Gasteiger charge is 2.30. The first kappa shape index (κ1) is 18.1. The first-order chi connectivity index (χ1) is 14.2. The normalized spacial score (nSPS) is 13.8. The molecule has 2 heterocycles. The summed E-state index contributed by atoms with van der Waals surface area (Å²) in [6, 6.07) is 16.0. The number of rotatable bonds is 6. The third-order valence-corrected chi connectivity index (χ3v) is 6.17. The summed E-state index contributed by atoms with van der Waals surface area (Å²) < 4.78 is 2.21. The molecule has 0 aliphatic heterocycles.